The van der Waals surface area contributed by atoms with E-state index in [1.807, 2.05) is 49.5 Å². The lowest BCUT2D eigenvalue weighted by molar-refractivity contribution is -0.124. The second-order valence-corrected chi connectivity index (χ2v) is 12.6. The van der Waals surface area contributed by atoms with Crippen LogP contribution in [0.2, 0.25) is 0 Å². The van der Waals surface area contributed by atoms with Crippen molar-refractivity contribution in [1.82, 2.24) is 14.7 Å². The van der Waals surface area contributed by atoms with E-state index >= 15 is 4.39 Å². The summed E-state index contributed by atoms with van der Waals surface area (Å²) in [4.78, 5) is 30.4. The molecule has 0 bridgehead atoms. The molecule has 3 aliphatic rings. The van der Waals surface area contributed by atoms with E-state index in [2.05, 4.69) is 15.7 Å². The average Bonchev–Trinajstić information content (AvgIpc) is 3.78. The van der Waals surface area contributed by atoms with Crippen molar-refractivity contribution in [2.24, 2.45) is 18.9 Å². The van der Waals surface area contributed by atoms with Gasteiger partial charge in [0.05, 0.1) is 48.5 Å². The molecule has 2 saturated heterocycles. The molecule has 1 saturated carbocycles. The fourth-order valence-electron chi connectivity index (χ4n) is 7.49. The van der Waals surface area contributed by atoms with Gasteiger partial charge in [-0.15, -0.1) is 0 Å². The van der Waals surface area contributed by atoms with Gasteiger partial charge >= 0.3 is 0 Å². The van der Waals surface area contributed by atoms with Gasteiger partial charge in [-0.05, 0) is 73.7 Å². The highest BCUT2D eigenvalue weighted by Gasteiger charge is 2.51. The minimum Gasteiger partial charge on any atom is -0.382 e. The number of piperidine rings is 1. The number of carbonyl (C=O) groups is 2. The van der Waals surface area contributed by atoms with Crippen LogP contribution in [-0.2, 0) is 16.6 Å². The van der Waals surface area contributed by atoms with Crippen LogP contribution in [0.15, 0.2) is 66.9 Å². The Hall–Kier alpha value is -4.24. The van der Waals surface area contributed by atoms with Crippen molar-refractivity contribution in [1.29, 1.82) is 0 Å². The van der Waals surface area contributed by atoms with Gasteiger partial charge in [0.1, 0.15) is 5.82 Å². The third-order valence-electron chi connectivity index (χ3n) is 9.76. The van der Waals surface area contributed by atoms with Crippen LogP contribution in [0.3, 0.4) is 0 Å². The highest BCUT2D eigenvalue weighted by atomic mass is 19.1. The molecule has 3 unspecified atom stereocenters. The molecule has 8 nitrogen and oxygen atoms in total. The molecule has 0 radical (unpaired) electrons. The summed E-state index contributed by atoms with van der Waals surface area (Å²) in [6.45, 7) is 2.56. The van der Waals surface area contributed by atoms with Crippen molar-refractivity contribution in [2.45, 2.75) is 57.2 Å². The number of ether oxygens (including phenoxy) is 1. The average molecular weight is 596 g/mol. The molecule has 9 heteroatoms. The van der Waals surface area contributed by atoms with Gasteiger partial charge in [0.2, 0.25) is 5.91 Å². The first-order valence-corrected chi connectivity index (χ1v) is 15.6. The highest BCUT2D eigenvalue weighted by molar-refractivity contribution is 5.99. The number of rotatable bonds is 6. The van der Waals surface area contributed by atoms with Crippen LogP contribution in [0.1, 0.15) is 59.6 Å². The van der Waals surface area contributed by atoms with Crippen molar-refractivity contribution < 1.29 is 18.7 Å². The summed E-state index contributed by atoms with van der Waals surface area (Å²) in [6, 6.07) is 18.1. The van der Waals surface area contributed by atoms with E-state index in [-0.39, 0.29) is 23.4 Å². The van der Waals surface area contributed by atoms with E-state index in [1.54, 1.807) is 34.8 Å². The predicted octanol–water partition coefficient (Wildman–Crippen LogP) is 6.23. The number of carbonyl (C=O) groups excluding carboxylic acids is 2. The van der Waals surface area contributed by atoms with E-state index < -0.39 is 23.7 Å². The second-order valence-electron chi connectivity index (χ2n) is 12.6. The molecule has 0 spiro atoms. The first kappa shape index (κ1) is 28.5. The lowest BCUT2D eigenvalue weighted by Crippen LogP contribution is -2.55. The predicted molar refractivity (Wildman–Crippen MR) is 168 cm³/mol. The summed E-state index contributed by atoms with van der Waals surface area (Å²) in [5.74, 6) is -1.76. The number of hydrogen-bond donors (Lipinski definition) is 2. The normalized spacial score (nSPS) is 23.6. The minimum atomic E-state index is -0.605. The molecule has 4 aromatic rings. The van der Waals surface area contributed by atoms with Crippen molar-refractivity contribution in [2.75, 3.05) is 23.8 Å². The maximum Gasteiger partial charge on any atom is 0.257 e. The van der Waals surface area contributed by atoms with Crippen LogP contribution in [0.25, 0.3) is 10.9 Å². The smallest absolute Gasteiger partial charge is 0.257 e. The minimum absolute atomic E-state index is 0.0397. The Kier molecular flexibility index (Phi) is 7.58. The zero-order valence-corrected chi connectivity index (χ0v) is 25.1. The van der Waals surface area contributed by atoms with Crippen molar-refractivity contribution >= 4 is 34.1 Å². The largest absolute Gasteiger partial charge is 0.382 e. The Balaban J connectivity index is 1.27. The second kappa shape index (κ2) is 11.7. The first-order valence-electron chi connectivity index (χ1n) is 15.6. The number of hydrogen-bond acceptors (Lipinski definition) is 5. The number of fused-ring (bicyclic) bond motifs is 2. The summed E-state index contributed by atoms with van der Waals surface area (Å²) < 4.78 is 23.0. The number of nitrogens with one attached hydrogen (secondary N) is 2. The number of aromatic nitrogens is 2. The van der Waals surface area contributed by atoms with E-state index in [4.69, 9.17) is 4.74 Å². The van der Waals surface area contributed by atoms with Crippen LogP contribution in [0, 0.1) is 24.6 Å². The SMILES string of the molecule is Cc1cccc(F)c1C(=O)N1C2COCC2CC(C(=O)Nc2ccc3c(cnn3C)c2)[C@H]1c1ccc(NC2CCCC2)cc1. The molecular formula is C35H38FN5O3. The molecule has 4 atom stereocenters. The number of anilines is 2. The zero-order valence-electron chi connectivity index (χ0n) is 25.1. The molecular weight excluding hydrogens is 557 g/mol. The molecule has 228 valence electrons. The Morgan fingerprint density at radius 2 is 1.77 bits per heavy atom. The summed E-state index contributed by atoms with van der Waals surface area (Å²) >= 11 is 0. The fourth-order valence-corrected chi connectivity index (χ4v) is 7.49. The zero-order chi connectivity index (χ0) is 30.4. The van der Waals surface area contributed by atoms with Gasteiger partial charge in [-0.3, -0.25) is 14.3 Å². The first-order chi connectivity index (χ1) is 21.4. The standard InChI is InChI=1S/C35H38FN5O3/c1-21-6-5-9-29(36)32(21)35(43)41-31-20-44-19-24(31)17-28(34(42)39-27-14-15-30-23(16-27)18-37-40(30)2)33(41)22-10-12-26(13-11-22)38-25-7-3-4-8-25/h5-6,9-16,18,24-25,28,31,33,38H,3-4,7-8,17,19-20H2,1-2H3,(H,39,42)/t24?,28?,31?,33-/m1/s1. The maximum absolute atomic E-state index is 15.3. The Morgan fingerprint density at radius 1 is 1.00 bits per heavy atom. The fraction of sp³-hybridized carbons (Fsp3) is 0.400. The topological polar surface area (TPSA) is 88.5 Å². The third-order valence-corrected chi connectivity index (χ3v) is 9.76. The summed E-state index contributed by atoms with van der Waals surface area (Å²) in [6.07, 6.45) is 7.11. The summed E-state index contributed by atoms with van der Waals surface area (Å²) in [5, 5.41) is 12.0. The van der Waals surface area contributed by atoms with Gasteiger partial charge in [0, 0.05) is 35.8 Å². The van der Waals surface area contributed by atoms with E-state index in [0.29, 0.717) is 36.9 Å². The number of benzene rings is 3. The van der Waals surface area contributed by atoms with Crippen LogP contribution in [-0.4, -0.2) is 51.8 Å². The number of likely N-dealkylation sites (tertiary alicyclic amines) is 1. The van der Waals surface area contributed by atoms with Crippen molar-refractivity contribution in [3.8, 4) is 0 Å². The van der Waals surface area contributed by atoms with Crippen LogP contribution in [0.4, 0.5) is 15.8 Å². The Bertz CT molecular complexity index is 1680. The van der Waals surface area contributed by atoms with Gasteiger partial charge in [0.15, 0.2) is 0 Å². The summed E-state index contributed by atoms with van der Waals surface area (Å²) in [5.41, 5.74) is 4.11. The van der Waals surface area contributed by atoms with Crippen molar-refractivity contribution in [3.63, 3.8) is 0 Å². The molecule has 1 aromatic heterocycles. The molecule has 7 rings (SSSR count). The van der Waals surface area contributed by atoms with Gasteiger partial charge in [0.25, 0.3) is 5.91 Å². The molecule has 3 heterocycles. The van der Waals surface area contributed by atoms with E-state index in [9.17, 15) is 9.59 Å². The summed E-state index contributed by atoms with van der Waals surface area (Å²) in [7, 11) is 1.88. The van der Waals surface area contributed by atoms with Crippen LogP contribution < -0.4 is 10.6 Å². The van der Waals surface area contributed by atoms with E-state index in [0.717, 1.165) is 35.0 Å². The lowest BCUT2D eigenvalue weighted by atomic mass is 9.76. The number of amides is 2. The maximum atomic E-state index is 15.3. The van der Waals surface area contributed by atoms with Gasteiger partial charge in [-0.2, -0.15) is 5.10 Å². The van der Waals surface area contributed by atoms with Crippen LogP contribution >= 0.6 is 0 Å². The molecule has 3 aromatic carbocycles. The Labute approximate surface area is 256 Å². The molecule has 44 heavy (non-hydrogen) atoms. The molecule has 2 N–H and O–H groups in total. The lowest BCUT2D eigenvalue weighted by Gasteiger charge is -2.47. The van der Waals surface area contributed by atoms with Crippen molar-refractivity contribution in [3.05, 3.63) is 89.4 Å². The van der Waals surface area contributed by atoms with Gasteiger partial charge in [-0.1, -0.05) is 37.1 Å². The van der Waals surface area contributed by atoms with Crippen LogP contribution in [0.5, 0.6) is 0 Å². The molecule has 2 amide bonds. The van der Waals surface area contributed by atoms with Gasteiger partial charge in [-0.25, -0.2) is 4.39 Å². The number of nitrogens with zero attached hydrogens (tertiary/aromatic N) is 3. The van der Waals surface area contributed by atoms with E-state index in [1.165, 1.54) is 18.9 Å². The number of halogens is 1. The molecule has 2 aliphatic heterocycles. The van der Waals surface area contributed by atoms with Gasteiger partial charge < -0.3 is 20.3 Å². The highest BCUT2D eigenvalue weighted by Crippen LogP contribution is 2.46. The molecule has 1 aliphatic carbocycles. The number of aryl methyl sites for hydroxylation is 2. The Morgan fingerprint density at radius 3 is 2.55 bits per heavy atom. The molecule has 3 fully saturated rings. The monoisotopic (exact) mass is 595 g/mol. The third kappa shape index (κ3) is 5.23. The quantitative estimate of drug-likeness (QED) is 0.276.